The molecule has 0 amide bonds. The number of fused-ring (bicyclic) bond motifs is 2. The van der Waals surface area contributed by atoms with Crippen molar-refractivity contribution in [2.75, 3.05) is 0 Å². The molecule has 0 spiro atoms. The Kier molecular flexibility index (Phi) is 2.27. The standard InChI is InChI=1S/C14H11OP/c16-15-14-7-3-6-12-8-10-4-1-2-5-11(10)9-13(12)14/h1-9H,16H2. The molecule has 0 aliphatic heterocycles. The van der Waals surface area contributed by atoms with Gasteiger partial charge in [-0.1, -0.05) is 36.4 Å². The molecule has 0 aliphatic rings. The SMILES string of the molecule is POc1cccc2cc3ccccc3cc12. The highest BCUT2D eigenvalue weighted by atomic mass is 31.0. The van der Waals surface area contributed by atoms with Crippen molar-refractivity contribution in [3.05, 3.63) is 54.6 Å². The van der Waals surface area contributed by atoms with Crippen molar-refractivity contribution >= 4 is 31.0 Å². The lowest BCUT2D eigenvalue weighted by Gasteiger charge is -2.06. The Bertz CT molecular complexity index is 661. The normalized spacial score (nSPS) is 10.8. The van der Waals surface area contributed by atoms with Crippen molar-refractivity contribution in [1.82, 2.24) is 0 Å². The lowest BCUT2D eigenvalue weighted by molar-refractivity contribution is 0.654. The van der Waals surface area contributed by atoms with Crippen LogP contribution in [0, 0.1) is 0 Å². The molecule has 0 saturated heterocycles. The van der Waals surface area contributed by atoms with Gasteiger partial charge in [0.15, 0.2) is 0 Å². The zero-order valence-corrected chi connectivity index (χ0v) is 9.84. The Labute approximate surface area is 96.3 Å². The van der Waals surface area contributed by atoms with E-state index in [-0.39, 0.29) is 0 Å². The van der Waals surface area contributed by atoms with E-state index in [9.17, 15) is 0 Å². The Hall–Kier alpha value is -1.59. The van der Waals surface area contributed by atoms with Crippen molar-refractivity contribution in [3.63, 3.8) is 0 Å². The largest absolute Gasteiger partial charge is 0.480 e. The summed E-state index contributed by atoms with van der Waals surface area (Å²) in [5.41, 5.74) is 0. The second-order valence-electron chi connectivity index (χ2n) is 3.79. The van der Waals surface area contributed by atoms with Gasteiger partial charge < -0.3 is 4.52 Å². The van der Waals surface area contributed by atoms with Crippen LogP contribution in [0.15, 0.2) is 54.6 Å². The molecule has 0 aliphatic carbocycles. The molecule has 1 nitrogen and oxygen atoms in total. The van der Waals surface area contributed by atoms with E-state index >= 15 is 0 Å². The van der Waals surface area contributed by atoms with Gasteiger partial charge in [-0.3, -0.25) is 0 Å². The monoisotopic (exact) mass is 226 g/mol. The predicted octanol–water partition coefficient (Wildman–Crippen LogP) is 4.16. The highest BCUT2D eigenvalue weighted by Crippen LogP contribution is 2.30. The van der Waals surface area contributed by atoms with Gasteiger partial charge in [0.05, 0.1) is 9.47 Å². The first-order valence-electron chi connectivity index (χ1n) is 5.17. The maximum Gasteiger partial charge on any atom is 0.130 e. The average Bonchev–Trinajstić information content (AvgIpc) is 2.35. The fourth-order valence-electron chi connectivity index (χ4n) is 2.04. The van der Waals surface area contributed by atoms with Gasteiger partial charge in [0, 0.05) is 5.39 Å². The summed E-state index contributed by atoms with van der Waals surface area (Å²) in [7, 11) is 2.30. The zero-order valence-electron chi connectivity index (χ0n) is 8.68. The fourth-order valence-corrected chi connectivity index (χ4v) is 2.25. The maximum absolute atomic E-state index is 5.29. The summed E-state index contributed by atoms with van der Waals surface area (Å²) >= 11 is 0. The molecular weight excluding hydrogens is 215 g/mol. The van der Waals surface area contributed by atoms with Crippen molar-refractivity contribution < 1.29 is 4.52 Å². The lowest BCUT2D eigenvalue weighted by Crippen LogP contribution is -1.80. The van der Waals surface area contributed by atoms with E-state index in [1.807, 2.05) is 12.1 Å². The van der Waals surface area contributed by atoms with Crippen LogP contribution in [-0.4, -0.2) is 0 Å². The third-order valence-corrected chi connectivity index (χ3v) is 3.09. The average molecular weight is 226 g/mol. The van der Waals surface area contributed by atoms with Gasteiger partial charge in [-0.15, -0.1) is 0 Å². The molecule has 0 aromatic heterocycles. The summed E-state index contributed by atoms with van der Waals surface area (Å²) in [6.07, 6.45) is 0. The molecule has 3 rings (SSSR count). The Morgan fingerprint density at radius 2 is 1.44 bits per heavy atom. The van der Waals surface area contributed by atoms with Crippen molar-refractivity contribution in [2.24, 2.45) is 0 Å². The molecular formula is C14H11OP. The molecule has 1 atom stereocenters. The maximum atomic E-state index is 5.29. The molecule has 78 valence electrons. The first kappa shape index (κ1) is 9.62. The summed E-state index contributed by atoms with van der Waals surface area (Å²) in [6.45, 7) is 0. The summed E-state index contributed by atoms with van der Waals surface area (Å²) in [5, 5.41) is 4.86. The number of benzene rings is 3. The van der Waals surface area contributed by atoms with Gasteiger partial charge in [-0.05, 0) is 34.4 Å². The van der Waals surface area contributed by atoms with Crippen LogP contribution in [0.1, 0.15) is 0 Å². The van der Waals surface area contributed by atoms with Crippen LogP contribution in [-0.2, 0) is 0 Å². The summed E-state index contributed by atoms with van der Waals surface area (Å²) < 4.78 is 5.29. The van der Waals surface area contributed by atoms with Crippen molar-refractivity contribution in [3.8, 4) is 5.75 Å². The minimum absolute atomic E-state index is 0.897. The van der Waals surface area contributed by atoms with Gasteiger partial charge in [0.1, 0.15) is 5.75 Å². The molecule has 3 aromatic rings. The molecule has 1 unspecified atom stereocenters. The smallest absolute Gasteiger partial charge is 0.130 e. The molecule has 16 heavy (non-hydrogen) atoms. The molecule has 0 bridgehead atoms. The minimum Gasteiger partial charge on any atom is -0.480 e. The number of hydrogen-bond donors (Lipinski definition) is 0. The Morgan fingerprint density at radius 3 is 2.19 bits per heavy atom. The van der Waals surface area contributed by atoms with E-state index in [0.717, 1.165) is 11.1 Å². The van der Waals surface area contributed by atoms with Crippen LogP contribution < -0.4 is 4.52 Å². The van der Waals surface area contributed by atoms with Gasteiger partial charge in [0.25, 0.3) is 0 Å². The minimum atomic E-state index is 0.897. The molecule has 3 aromatic carbocycles. The molecule has 0 radical (unpaired) electrons. The van der Waals surface area contributed by atoms with E-state index in [0.29, 0.717) is 0 Å². The third-order valence-electron chi connectivity index (χ3n) is 2.83. The Morgan fingerprint density at radius 1 is 0.750 bits per heavy atom. The Balaban J connectivity index is 2.46. The summed E-state index contributed by atoms with van der Waals surface area (Å²) in [5.74, 6) is 0.897. The molecule has 2 heteroatoms. The zero-order chi connectivity index (χ0) is 11.0. The molecule has 0 N–H and O–H groups in total. The topological polar surface area (TPSA) is 9.23 Å². The van der Waals surface area contributed by atoms with Crippen molar-refractivity contribution in [2.45, 2.75) is 0 Å². The van der Waals surface area contributed by atoms with Gasteiger partial charge in [0.2, 0.25) is 0 Å². The van der Waals surface area contributed by atoms with Gasteiger partial charge in [-0.2, -0.15) is 0 Å². The van der Waals surface area contributed by atoms with Crippen LogP contribution in [0.5, 0.6) is 5.75 Å². The van der Waals surface area contributed by atoms with E-state index < -0.39 is 0 Å². The van der Waals surface area contributed by atoms with Crippen molar-refractivity contribution in [1.29, 1.82) is 0 Å². The summed E-state index contributed by atoms with van der Waals surface area (Å²) in [6, 6.07) is 18.8. The number of rotatable bonds is 1. The van der Waals surface area contributed by atoms with Gasteiger partial charge >= 0.3 is 0 Å². The van der Waals surface area contributed by atoms with E-state index in [1.54, 1.807) is 0 Å². The predicted molar refractivity (Wildman–Crippen MR) is 71.8 cm³/mol. The highest BCUT2D eigenvalue weighted by molar-refractivity contribution is 7.10. The molecule has 0 heterocycles. The second-order valence-corrected chi connectivity index (χ2v) is 4.03. The molecule has 0 saturated carbocycles. The third kappa shape index (κ3) is 1.45. The first-order valence-corrected chi connectivity index (χ1v) is 5.64. The van der Waals surface area contributed by atoms with E-state index in [1.165, 1.54) is 16.2 Å². The quantitative estimate of drug-likeness (QED) is 0.447. The highest BCUT2D eigenvalue weighted by Gasteiger charge is 2.02. The fraction of sp³-hybridized carbons (Fsp3) is 0. The van der Waals surface area contributed by atoms with Crippen LogP contribution >= 0.6 is 9.47 Å². The van der Waals surface area contributed by atoms with Crippen LogP contribution in [0.4, 0.5) is 0 Å². The van der Waals surface area contributed by atoms with Crippen LogP contribution in [0.3, 0.4) is 0 Å². The van der Waals surface area contributed by atoms with Gasteiger partial charge in [-0.25, -0.2) is 0 Å². The summed E-state index contributed by atoms with van der Waals surface area (Å²) in [4.78, 5) is 0. The first-order chi connectivity index (χ1) is 7.88. The lowest BCUT2D eigenvalue weighted by atomic mass is 10.0. The van der Waals surface area contributed by atoms with E-state index in [4.69, 9.17) is 4.52 Å². The number of hydrogen-bond acceptors (Lipinski definition) is 1. The second kappa shape index (κ2) is 3.77. The van der Waals surface area contributed by atoms with Crippen LogP contribution in [0.2, 0.25) is 0 Å². The van der Waals surface area contributed by atoms with Crippen LogP contribution in [0.25, 0.3) is 21.5 Å². The molecule has 0 fully saturated rings. The van der Waals surface area contributed by atoms with E-state index in [2.05, 4.69) is 51.9 Å².